The van der Waals surface area contributed by atoms with E-state index in [1.165, 1.54) is 12.8 Å². The van der Waals surface area contributed by atoms with Crippen molar-refractivity contribution < 1.29 is 9.90 Å². The van der Waals surface area contributed by atoms with Crippen LogP contribution in [0.1, 0.15) is 52.2 Å². The molecule has 1 saturated carbocycles. The van der Waals surface area contributed by atoms with Gasteiger partial charge in [-0.25, -0.2) is 4.98 Å². The highest BCUT2D eigenvalue weighted by molar-refractivity contribution is 5.96. The molecule has 5 rings (SSSR count). The molecule has 2 fully saturated rings. The van der Waals surface area contributed by atoms with E-state index < -0.39 is 0 Å². The number of phenolic OH excluding ortho intramolecular Hbond substituents is 1. The van der Waals surface area contributed by atoms with Crippen LogP contribution in [0.15, 0.2) is 42.6 Å². The van der Waals surface area contributed by atoms with Gasteiger partial charge in [0.1, 0.15) is 11.6 Å². The van der Waals surface area contributed by atoms with Crippen LogP contribution in [0.2, 0.25) is 0 Å². The number of nitrogens with zero attached hydrogens (tertiary/aromatic N) is 3. The number of hydrogen-bond donors (Lipinski definition) is 2. The van der Waals surface area contributed by atoms with Crippen molar-refractivity contribution in [3.05, 3.63) is 65.2 Å². The normalized spacial score (nSPS) is 19.9. The number of amides is 1. The number of hydrogen-bond acceptors (Lipinski definition) is 4. The summed E-state index contributed by atoms with van der Waals surface area (Å²) in [5.74, 6) is 1.94. The predicted octanol–water partition coefficient (Wildman–Crippen LogP) is 3.01. The highest BCUT2D eigenvalue weighted by Crippen LogP contribution is 2.40. The third-order valence-electron chi connectivity index (χ3n) is 5.89. The van der Waals surface area contributed by atoms with Gasteiger partial charge < -0.3 is 15.3 Å². The number of fused-ring (bicyclic) bond motifs is 1. The minimum Gasteiger partial charge on any atom is -0.508 e. The molecule has 1 amide bonds. The molecule has 2 aliphatic rings. The predicted molar refractivity (Wildman–Crippen MR) is 107 cm³/mol. The zero-order chi connectivity index (χ0) is 19.3. The van der Waals surface area contributed by atoms with Gasteiger partial charge in [-0.05, 0) is 49.6 Å². The van der Waals surface area contributed by atoms with E-state index in [1.807, 2.05) is 42.3 Å². The Morgan fingerprint density at radius 2 is 1.96 bits per heavy atom. The number of rotatable bonds is 3. The molecule has 2 N–H and O–H groups in total. The zero-order valence-electron chi connectivity index (χ0n) is 15.9. The van der Waals surface area contributed by atoms with E-state index in [0.717, 1.165) is 34.7 Å². The number of imidazole rings is 1. The van der Waals surface area contributed by atoms with Gasteiger partial charge in [-0.1, -0.05) is 12.1 Å². The van der Waals surface area contributed by atoms with E-state index in [0.29, 0.717) is 19.0 Å². The molecule has 6 nitrogen and oxygen atoms in total. The molecule has 28 heavy (non-hydrogen) atoms. The van der Waals surface area contributed by atoms with E-state index in [4.69, 9.17) is 0 Å². The SMILES string of the molecule is Cc1c(C(=O)N2CCNC(c3ccc(O)cc3)C2)ccc2cnc(C3CC3)n12. The van der Waals surface area contributed by atoms with Crippen LogP contribution in [-0.2, 0) is 0 Å². The lowest BCUT2D eigenvalue weighted by Gasteiger charge is -2.34. The fourth-order valence-corrected chi connectivity index (χ4v) is 4.16. The molecule has 1 atom stereocenters. The van der Waals surface area contributed by atoms with Gasteiger partial charge in [-0.15, -0.1) is 0 Å². The molecular formula is C22H24N4O2. The second-order valence-electron chi connectivity index (χ2n) is 7.83. The van der Waals surface area contributed by atoms with E-state index in [2.05, 4.69) is 14.7 Å². The van der Waals surface area contributed by atoms with Gasteiger partial charge in [0.2, 0.25) is 0 Å². The molecule has 1 aromatic carbocycles. The average molecular weight is 376 g/mol. The number of carbonyl (C=O) groups excluding carboxylic acids is 1. The minimum atomic E-state index is 0.0672. The number of piperazine rings is 1. The van der Waals surface area contributed by atoms with E-state index in [-0.39, 0.29) is 17.7 Å². The topological polar surface area (TPSA) is 69.9 Å². The molecule has 1 unspecified atom stereocenters. The fraction of sp³-hybridized carbons (Fsp3) is 0.364. The molecule has 0 radical (unpaired) electrons. The lowest BCUT2D eigenvalue weighted by atomic mass is 10.0. The molecular weight excluding hydrogens is 352 g/mol. The Labute approximate surface area is 163 Å². The highest BCUT2D eigenvalue weighted by Gasteiger charge is 2.30. The number of aromatic nitrogens is 2. The van der Waals surface area contributed by atoms with Gasteiger partial charge in [-0.2, -0.15) is 0 Å². The van der Waals surface area contributed by atoms with Gasteiger partial charge in [0.25, 0.3) is 5.91 Å². The summed E-state index contributed by atoms with van der Waals surface area (Å²) in [5.41, 5.74) is 3.85. The fourth-order valence-electron chi connectivity index (χ4n) is 4.16. The largest absolute Gasteiger partial charge is 0.508 e. The second kappa shape index (κ2) is 6.63. The molecule has 1 aliphatic carbocycles. The Kier molecular flexibility index (Phi) is 4.09. The van der Waals surface area contributed by atoms with Gasteiger partial charge in [0.15, 0.2) is 0 Å². The summed E-state index contributed by atoms with van der Waals surface area (Å²) < 4.78 is 2.16. The van der Waals surface area contributed by atoms with Crippen molar-refractivity contribution in [2.24, 2.45) is 0 Å². The minimum absolute atomic E-state index is 0.0672. The summed E-state index contributed by atoms with van der Waals surface area (Å²) in [7, 11) is 0. The smallest absolute Gasteiger partial charge is 0.255 e. The summed E-state index contributed by atoms with van der Waals surface area (Å²) in [6.45, 7) is 4.06. The van der Waals surface area contributed by atoms with E-state index in [1.54, 1.807) is 12.1 Å². The first-order valence-corrected chi connectivity index (χ1v) is 9.90. The number of pyridine rings is 1. The van der Waals surface area contributed by atoms with Crippen LogP contribution < -0.4 is 5.32 Å². The third kappa shape index (κ3) is 2.94. The molecule has 1 saturated heterocycles. The Bertz CT molecular complexity index is 1040. The second-order valence-corrected chi connectivity index (χ2v) is 7.83. The van der Waals surface area contributed by atoms with Crippen LogP contribution in [0.25, 0.3) is 5.52 Å². The Balaban J connectivity index is 1.43. The molecule has 1 aliphatic heterocycles. The van der Waals surface area contributed by atoms with Crippen molar-refractivity contribution in [2.75, 3.05) is 19.6 Å². The maximum Gasteiger partial charge on any atom is 0.255 e. The maximum atomic E-state index is 13.3. The molecule has 0 bridgehead atoms. The number of nitrogens with one attached hydrogen (secondary N) is 1. The number of benzene rings is 1. The Morgan fingerprint density at radius 1 is 1.18 bits per heavy atom. The molecule has 3 aromatic rings. The number of aromatic hydroxyl groups is 1. The summed E-state index contributed by atoms with van der Waals surface area (Å²) in [4.78, 5) is 19.9. The van der Waals surface area contributed by atoms with Crippen LogP contribution in [0.5, 0.6) is 5.75 Å². The molecule has 2 aromatic heterocycles. The summed E-state index contributed by atoms with van der Waals surface area (Å²) in [5, 5.41) is 13.0. The van der Waals surface area contributed by atoms with E-state index >= 15 is 0 Å². The zero-order valence-corrected chi connectivity index (χ0v) is 15.9. The first-order valence-electron chi connectivity index (χ1n) is 9.90. The number of carbonyl (C=O) groups is 1. The Morgan fingerprint density at radius 3 is 2.71 bits per heavy atom. The maximum absolute atomic E-state index is 13.3. The standard InChI is InChI=1S/C22H24N4O2/c1-14-19(9-6-17-12-24-21(26(14)17)16-2-3-16)22(28)25-11-10-23-20(13-25)15-4-7-18(27)8-5-15/h4-9,12,16,20,23,27H,2-3,10-11,13H2,1H3. The summed E-state index contributed by atoms with van der Waals surface area (Å²) >= 11 is 0. The van der Waals surface area contributed by atoms with Crippen LogP contribution in [0, 0.1) is 6.92 Å². The van der Waals surface area contributed by atoms with Gasteiger partial charge in [-0.3, -0.25) is 9.20 Å². The quantitative estimate of drug-likeness (QED) is 0.737. The summed E-state index contributed by atoms with van der Waals surface area (Å²) in [6, 6.07) is 11.2. The Hall–Kier alpha value is -2.86. The lowest BCUT2D eigenvalue weighted by Crippen LogP contribution is -2.48. The van der Waals surface area contributed by atoms with Crippen molar-refractivity contribution in [1.29, 1.82) is 0 Å². The highest BCUT2D eigenvalue weighted by atomic mass is 16.3. The number of aryl methyl sites for hydroxylation is 1. The van der Waals surface area contributed by atoms with Crippen molar-refractivity contribution in [1.82, 2.24) is 19.6 Å². The van der Waals surface area contributed by atoms with Crippen LogP contribution in [0.4, 0.5) is 0 Å². The molecule has 6 heteroatoms. The van der Waals surface area contributed by atoms with Gasteiger partial charge in [0, 0.05) is 37.3 Å². The molecule has 3 heterocycles. The van der Waals surface area contributed by atoms with Crippen molar-refractivity contribution in [2.45, 2.75) is 31.7 Å². The number of phenols is 1. The average Bonchev–Trinajstić information content (AvgIpc) is 3.47. The van der Waals surface area contributed by atoms with Gasteiger partial charge in [0.05, 0.1) is 17.3 Å². The van der Waals surface area contributed by atoms with Crippen molar-refractivity contribution in [3.8, 4) is 5.75 Å². The first-order chi connectivity index (χ1) is 13.6. The van der Waals surface area contributed by atoms with Crippen LogP contribution >= 0.6 is 0 Å². The summed E-state index contributed by atoms with van der Waals surface area (Å²) in [6.07, 6.45) is 4.27. The molecule has 0 spiro atoms. The van der Waals surface area contributed by atoms with Crippen LogP contribution in [0.3, 0.4) is 0 Å². The first kappa shape index (κ1) is 17.3. The van der Waals surface area contributed by atoms with Gasteiger partial charge >= 0.3 is 0 Å². The van der Waals surface area contributed by atoms with Crippen molar-refractivity contribution >= 4 is 11.4 Å². The lowest BCUT2D eigenvalue weighted by molar-refractivity contribution is 0.0701. The third-order valence-corrected chi connectivity index (χ3v) is 5.89. The van der Waals surface area contributed by atoms with Crippen molar-refractivity contribution in [3.63, 3.8) is 0 Å². The van der Waals surface area contributed by atoms with E-state index in [9.17, 15) is 9.90 Å². The monoisotopic (exact) mass is 376 g/mol. The van der Waals surface area contributed by atoms with Crippen LogP contribution in [-0.4, -0.2) is 44.9 Å². The molecule has 144 valence electrons.